The molecule has 0 N–H and O–H groups in total. The molecule has 1 saturated heterocycles. The highest BCUT2D eigenvalue weighted by Gasteiger charge is 2.32. The number of aryl methyl sites for hydroxylation is 2. The second kappa shape index (κ2) is 10.5. The molecule has 3 aliphatic rings. The average molecular weight is 468 g/mol. The summed E-state index contributed by atoms with van der Waals surface area (Å²) in [4.78, 5) is 20.7. The van der Waals surface area contributed by atoms with Crippen LogP contribution < -0.4 is 9.80 Å². The van der Waals surface area contributed by atoms with Crippen LogP contribution in [0.1, 0.15) is 56.2 Å². The average Bonchev–Trinajstić information content (AvgIpc) is 3.21. The summed E-state index contributed by atoms with van der Waals surface area (Å²) in [6.07, 6.45) is 10.1. The summed E-state index contributed by atoms with van der Waals surface area (Å²) in [7, 11) is 2.01. The van der Waals surface area contributed by atoms with Gasteiger partial charge in [0.25, 0.3) is 0 Å². The standard InChI is InChI=1S/C27H38FN5O/c1-30-26(24-9-5-6-10-25(24)29-30)33(27(34)21-7-3-2-4-8-21)20-17-31-15-18-32(19-16-31)23-13-11-22(28)12-14-23/h11-14,21H,2-10,15-20H2,1H3. The first-order chi connectivity index (χ1) is 16.6. The van der Waals surface area contributed by atoms with Gasteiger partial charge in [-0.25, -0.2) is 4.39 Å². The molecule has 2 fully saturated rings. The molecule has 6 nitrogen and oxygen atoms in total. The number of carbonyl (C=O) groups is 1. The van der Waals surface area contributed by atoms with Crippen molar-refractivity contribution in [3.63, 3.8) is 0 Å². The van der Waals surface area contributed by atoms with E-state index in [0.29, 0.717) is 5.91 Å². The lowest BCUT2D eigenvalue weighted by atomic mass is 9.88. The Morgan fingerprint density at radius 3 is 2.44 bits per heavy atom. The van der Waals surface area contributed by atoms with Gasteiger partial charge in [0.1, 0.15) is 11.6 Å². The summed E-state index contributed by atoms with van der Waals surface area (Å²) in [6.45, 7) is 5.33. The van der Waals surface area contributed by atoms with Crippen molar-refractivity contribution >= 4 is 17.4 Å². The number of anilines is 2. The Morgan fingerprint density at radius 2 is 1.71 bits per heavy atom. The SMILES string of the molecule is Cn1nc2c(c1N(CCN1CCN(c3ccc(F)cc3)CC1)C(=O)C1CCCCC1)CCCC2. The van der Waals surface area contributed by atoms with Crippen molar-refractivity contribution in [2.24, 2.45) is 13.0 Å². The molecule has 184 valence electrons. The van der Waals surface area contributed by atoms with E-state index in [1.54, 1.807) is 0 Å². The fourth-order valence-corrected chi connectivity index (χ4v) is 6.02. The zero-order valence-electron chi connectivity index (χ0n) is 20.5. The minimum Gasteiger partial charge on any atom is -0.369 e. The number of hydrogen-bond donors (Lipinski definition) is 0. The molecule has 1 aromatic carbocycles. The highest BCUT2D eigenvalue weighted by molar-refractivity contribution is 5.95. The molecular formula is C27H38FN5O. The number of piperazine rings is 1. The van der Waals surface area contributed by atoms with Gasteiger partial charge in [0.2, 0.25) is 5.91 Å². The third-order valence-corrected chi connectivity index (χ3v) is 7.97. The van der Waals surface area contributed by atoms with Crippen molar-refractivity contribution in [2.75, 3.05) is 49.1 Å². The molecule has 5 rings (SSSR count). The Balaban J connectivity index is 1.27. The Hall–Kier alpha value is -2.41. The molecule has 0 bridgehead atoms. The van der Waals surface area contributed by atoms with Gasteiger partial charge >= 0.3 is 0 Å². The molecule has 7 heteroatoms. The summed E-state index contributed by atoms with van der Waals surface area (Å²) in [5, 5.41) is 4.82. The number of rotatable bonds is 6. The number of benzene rings is 1. The second-order valence-corrected chi connectivity index (χ2v) is 10.2. The number of fused-ring (bicyclic) bond motifs is 1. The molecule has 34 heavy (non-hydrogen) atoms. The Morgan fingerprint density at radius 1 is 1.00 bits per heavy atom. The summed E-state index contributed by atoms with van der Waals surface area (Å²) in [6, 6.07) is 6.79. The molecular weight excluding hydrogens is 429 g/mol. The lowest BCUT2D eigenvalue weighted by molar-refractivity contribution is -0.123. The van der Waals surface area contributed by atoms with Crippen molar-refractivity contribution in [1.29, 1.82) is 0 Å². The van der Waals surface area contributed by atoms with Gasteiger partial charge < -0.3 is 4.90 Å². The van der Waals surface area contributed by atoms with Gasteiger partial charge in [0, 0.05) is 63.5 Å². The van der Waals surface area contributed by atoms with E-state index < -0.39 is 0 Å². The molecule has 1 amide bonds. The molecule has 2 aliphatic carbocycles. The summed E-state index contributed by atoms with van der Waals surface area (Å²) >= 11 is 0. The van der Waals surface area contributed by atoms with Crippen LogP contribution in [0, 0.1) is 11.7 Å². The van der Waals surface area contributed by atoms with Gasteiger partial charge in [-0.2, -0.15) is 5.10 Å². The quantitative estimate of drug-likeness (QED) is 0.640. The second-order valence-electron chi connectivity index (χ2n) is 10.2. The number of nitrogens with zero attached hydrogens (tertiary/aromatic N) is 5. The largest absolute Gasteiger partial charge is 0.369 e. The smallest absolute Gasteiger partial charge is 0.231 e. The van der Waals surface area contributed by atoms with Crippen LogP contribution >= 0.6 is 0 Å². The maximum absolute atomic E-state index is 13.8. The fraction of sp³-hybridized carbons (Fsp3) is 0.630. The third kappa shape index (κ3) is 4.99. The van der Waals surface area contributed by atoms with Crippen LogP contribution in [0.15, 0.2) is 24.3 Å². The van der Waals surface area contributed by atoms with Gasteiger partial charge in [-0.15, -0.1) is 0 Å². The molecule has 0 spiro atoms. The molecule has 2 aromatic rings. The lowest BCUT2D eigenvalue weighted by Crippen LogP contribution is -2.50. The highest BCUT2D eigenvalue weighted by atomic mass is 19.1. The van der Waals surface area contributed by atoms with E-state index in [2.05, 4.69) is 14.7 Å². The first-order valence-corrected chi connectivity index (χ1v) is 13.2. The maximum Gasteiger partial charge on any atom is 0.231 e. The van der Waals surface area contributed by atoms with E-state index >= 15 is 0 Å². The van der Waals surface area contributed by atoms with Crippen molar-refractivity contribution in [3.05, 3.63) is 41.3 Å². The summed E-state index contributed by atoms with van der Waals surface area (Å²) in [5.74, 6) is 1.32. The van der Waals surface area contributed by atoms with Crippen LogP contribution in [0.5, 0.6) is 0 Å². The highest BCUT2D eigenvalue weighted by Crippen LogP contribution is 2.33. The van der Waals surface area contributed by atoms with Gasteiger partial charge in [-0.05, 0) is 62.8 Å². The topological polar surface area (TPSA) is 44.6 Å². The first kappa shape index (κ1) is 23.3. The minimum absolute atomic E-state index is 0.151. The summed E-state index contributed by atoms with van der Waals surface area (Å²) in [5.41, 5.74) is 3.58. The predicted molar refractivity (Wildman–Crippen MR) is 134 cm³/mol. The monoisotopic (exact) mass is 467 g/mol. The van der Waals surface area contributed by atoms with E-state index in [1.165, 1.54) is 55.5 Å². The van der Waals surface area contributed by atoms with Crippen LogP contribution in [0.4, 0.5) is 15.9 Å². The Kier molecular flexibility index (Phi) is 7.18. The third-order valence-electron chi connectivity index (χ3n) is 7.97. The van der Waals surface area contributed by atoms with Gasteiger partial charge in [0.05, 0.1) is 5.69 Å². The molecule has 1 aromatic heterocycles. The first-order valence-electron chi connectivity index (χ1n) is 13.2. The Labute approximate surface area is 202 Å². The molecule has 0 radical (unpaired) electrons. The van der Waals surface area contributed by atoms with E-state index in [1.807, 2.05) is 23.9 Å². The molecule has 0 unspecified atom stereocenters. The lowest BCUT2D eigenvalue weighted by Gasteiger charge is -2.37. The van der Waals surface area contributed by atoms with Gasteiger partial charge in [-0.3, -0.25) is 19.3 Å². The van der Waals surface area contributed by atoms with E-state index in [0.717, 1.165) is 76.5 Å². The van der Waals surface area contributed by atoms with Crippen molar-refractivity contribution in [3.8, 4) is 0 Å². The minimum atomic E-state index is -0.192. The zero-order chi connectivity index (χ0) is 23.5. The van der Waals surface area contributed by atoms with Crippen LogP contribution in [0.3, 0.4) is 0 Å². The van der Waals surface area contributed by atoms with Crippen LogP contribution in [0.25, 0.3) is 0 Å². The van der Waals surface area contributed by atoms with Crippen LogP contribution in [-0.2, 0) is 24.7 Å². The van der Waals surface area contributed by atoms with Crippen molar-refractivity contribution in [2.45, 2.75) is 57.8 Å². The van der Waals surface area contributed by atoms with Crippen molar-refractivity contribution < 1.29 is 9.18 Å². The van der Waals surface area contributed by atoms with E-state index in [9.17, 15) is 9.18 Å². The van der Waals surface area contributed by atoms with E-state index in [4.69, 9.17) is 5.10 Å². The number of aromatic nitrogens is 2. The fourth-order valence-electron chi connectivity index (χ4n) is 6.02. The molecule has 1 aliphatic heterocycles. The van der Waals surface area contributed by atoms with Gasteiger partial charge in [0.15, 0.2) is 0 Å². The predicted octanol–water partition coefficient (Wildman–Crippen LogP) is 4.17. The number of carbonyl (C=O) groups excluding carboxylic acids is 1. The molecule has 2 heterocycles. The molecule has 1 saturated carbocycles. The van der Waals surface area contributed by atoms with Crippen LogP contribution in [-0.4, -0.2) is 59.9 Å². The van der Waals surface area contributed by atoms with Crippen molar-refractivity contribution in [1.82, 2.24) is 14.7 Å². The van der Waals surface area contributed by atoms with Gasteiger partial charge in [-0.1, -0.05) is 19.3 Å². The number of hydrogen-bond acceptors (Lipinski definition) is 4. The molecule has 0 atom stereocenters. The zero-order valence-corrected chi connectivity index (χ0v) is 20.5. The summed E-state index contributed by atoms with van der Waals surface area (Å²) < 4.78 is 15.3. The van der Waals surface area contributed by atoms with E-state index in [-0.39, 0.29) is 11.7 Å². The number of amides is 1. The number of halogens is 1. The maximum atomic E-state index is 13.8. The Bertz CT molecular complexity index is 974. The normalized spacial score (nSPS) is 19.8. The van der Waals surface area contributed by atoms with Crippen LogP contribution in [0.2, 0.25) is 0 Å².